The Hall–Kier alpha value is -0.930. The monoisotopic (exact) mass is 279 g/mol. The van der Waals surface area contributed by atoms with E-state index in [2.05, 4.69) is 18.7 Å². The van der Waals surface area contributed by atoms with Gasteiger partial charge in [-0.15, -0.1) is 0 Å². The van der Waals surface area contributed by atoms with Crippen LogP contribution >= 0.6 is 0 Å². The van der Waals surface area contributed by atoms with Crippen molar-refractivity contribution in [1.29, 1.82) is 0 Å². The van der Waals surface area contributed by atoms with Gasteiger partial charge in [0.2, 0.25) is 0 Å². The Balaban J connectivity index is 1.80. The van der Waals surface area contributed by atoms with Crippen molar-refractivity contribution in [3.8, 4) is 0 Å². The molecule has 0 saturated carbocycles. The lowest BCUT2D eigenvalue weighted by Crippen LogP contribution is -2.39. The van der Waals surface area contributed by atoms with E-state index in [4.69, 9.17) is 0 Å². The number of nitrogens with zero attached hydrogens (tertiary/aromatic N) is 1. The van der Waals surface area contributed by atoms with E-state index in [-0.39, 0.29) is 5.82 Å². The minimum Gasteiger partial charge on any atom is -0.388 e. The highest BCUT2D eigenvalue weighted by Gasteiger charge is 2.28. The van der Waals surface area contributed by atoms with Crippen molar-refractivity contribution in [2.24, 2.45) is 5.41 Å². The van der Waals surface area contributed by atoms with Gasteiger partial charge in [0, 0.05) is 12.1 Å². The van der Waals surface area contributed by atoms with Crippen LogP contribution in [0.4, 0.5) is 4.39 Å². The fourth-order valence-electron chi connectivity index (χ4n) is 2.88. The van der Waals surface area contributed by atoms with Crippen molar-refractivity contribution in [2.75, 3.05) is 19.6 Å². The molecule has 3 heteroatoms. The zero-order valence-corrected chi connectivity index (χ0v) is 12.6. The summed E-state index contributed by atoms with van der Waals surface area (Å²) in [5.41, 5.74) is 0.906. The Morgan fingerprint density at radius 3 is 2.55 bits per heavy atom. The molecule has 0 radical (unpaired) electrons. The van der Waals surface area contributed by atoms with Crippen molar-refractivity contribution in [2.45, 2.75) is 45.6 Å². The molecule has 2 rings (SSSR count). The molecule has 1 aromatic rings. The molecule has 112 valence electrons. The van der Waals surface area contributed by atoms with Gasteiger partial charge in [-0.05, 0) is 43.8 Å². The molecule has 0 spiro atoms. The van der Waals surface area contributed by atoms with Gasteiger partial charge >= 0.3 is 0 Å². The van der Waals surface area contributed by atoms with Gasteiger partial charge in [-0.3, -0.25) is 0 Å². The smallest absolute Gasteiger partial charge is 0.128 e. The highest BCUT2D eigenvalue weighted by molar-refractivity contribution is 5.19. The molecular weight excluding hydrogens is 253 g/mol. The van der Waals surface area contributed by atoms with Gasteiger partial charge in [-0.25, -0.2) is 4.39 Å². The molecule has 1 atom stereocenters. The van der Waals surface area contributed by atoms with E-state index in [0.29, 0.717) is 17.4 Å². The summed E-state index contributed by atoms with van der Waals surface area (Å²) in [6.45, 7) is 7.65. The van der Waals surface area contributed by atoms with Crippen molar-refractivity contribution in [3.63, 3.8) is 0 Å². The maximum absolute atomic E-state index is 13.6. The summed E-state index contributed by atoms with van der Waals surface area (Å²) in [6.07, 6.45) is 3.58. The molecule has 0 amide bonds. The maximum atomic E-state index is 13.6. The second kappa shape index (κ2) is 6.68. The van der Waals surface area contributed by atoms with Crippen molar-refractivity contribution >= 4 is 0 Å². The van der Waals surface area contributed by atoms with E-state index in [1.165, 1.54) is 25.3 Å². The van der Waals surface area contributed by atoms with Gasteiger partial charge in [-0.1, -0.05) is 38.5 Å². The van der Waals surface area contributed by atoms with Gasteiger partial charge in [0.05, 0.1) is 6.10 Å². The van der Waals surface area contributed by atoms with Crippen LogP contribution < -0.4 is 0 Å². The predicted octanol–water partition coefficient (Wildman–Crippen LogP) is 3.76. The first-order valence-electron chi connectivity index (χ1n) is 7.69. The third kappa shape index (κ3) is 3.80. The predicted molar refractivity (Wildman–Crippen MR) is 80.0 cm³/mol. The van der Waals surface area contributed by atoms with Gasteiger partial charge in [0.15, 0.2) is 0 Å². The summed E-state index contributed by atoms with van der Waals surface area (Å²) in [6, 6.07) is 6.51. The summed E-state index contributed by atoms with van der Waals surface area (Å²) in [5, 5.41) is 10.1. The molecule has 0 bridgehead atoms. The van der Waals surface area contributed by atoms with Crippen LogP contribution in [0.1, 0.15) is 51.2 Å². The lowest BCUT2D eigenvalue weighted by atomic mass is 9.78. The first-order chi connectivity index (χ1) is 9.54. The number of rotatable bonds is 5. The molecule has 1 saturated heterocycles. The summed E-state index contributed by atoms with van der Waals surface area (Å²) in [4.78, 5) is 2.39. The number of hydrogen-bond donors (Lipinski definition) is 1. The zero-order chi connectivity index (χ0) is 14.6. The van der Waals surface area contributed by atoms with E-state index in [1.54, 1.807) is 18.2 Å². The Bertz CT molecular complexity index is 427. The second-order valence-electron chi connectivity index (χ2n) is 6.33. The van der Waals surface area contributed by atoms with Crippen LogP contribution in [0.5, 0.6) is 0 Å². The number of halogens is 1. The molecule has 1 heterocycles. The molecule has 0 aliphatic carbocycles. The Kier molecular flexibility index (Phi) is 5.17. The molecule has 1 aliphatic rings. The summed E-state index contributed by atoms with van der Waals surface area (Å²) >= 11 is 0. The van der Waals surface area contributed by atoms with Crippen molar-refractivity contribution in [1.82, 2.24) is 4.90 Å². The fourth-order valence-corrected chi connectivity index (χ4v) is 2.88. The van der Waals surface area contributed by atoms with Crippen LogP contribution in [0, 0.1) is 11.2 Å². The molecule has 1 fully saturated rings. The fraction of sp³-hybridized carbons (Fsp3) is 0.647. The van der Waals surface area contributed by atoms with Crippen molar-refractivity contribution < 1.29 is 9.50 Å². The molecule has 2 nitrogen and oxygen atoms in total. The zero-order valence-electron chi connectivity index (χ0n) is 12.6. The van der Waals surface area contributed by atoms with E-state index in [9.17, 15) is 9.50 Å². The van der Waals surface area contributed by atoms with Gasteiger partial charge in [0.1, 0.15) is 5.82 Å². The summed E-state index contributed by atoms with van der Waals surface area (Å²) in [5.74, 6) is -0.308. The van der Waals surface area contributed by atoms with E-state index >= 15 is 0 Å². The number of likely N-dealkylation sites (tertiary alicyclic amines) is 1. The topological polar surface area (TPSA) is 23.5 Å². The Morgan fingerprint density at radius 1 is 1.30 bits per heavy atom. The van der Waals surface area contributed by atoms with Crippen molar-refractivity contribution in [3.05, 3.63) is 35.6 Å². The van der Waals surface area contributed by atoms with Gasteiger partial charge in [-0.2, -0.15) is 0 Å². The Morgan fingerprint density at radius 2 is 1.95 bits per heavy atom. The van der Waals surface area contributed by atoms with E-state index in [1.807, 2.05) is 0 Å². The molecule has 20 heavy (non-hydrogen) atoms. The maximum Gasteiger partial charge on any atom is 0.128 e. The molecular formula is C17H26FNO. The number of hydrogen-bond acceptors (Lipinski definition) is 2. The quantitative estimate of drug-likeness (QED) is 0.887. The lowest BCUT2D eigenvalue weighted by molar-refractivity contribution is 0.0899. The average Bonchev–Trinajstić information content (AvgIpc) is 2.47. The highest BCUT2D eigenvalue weighted by atomic mass is 19.1. The van der Waals surface area contributed by atoms with Gasteiger partial charge in [0.25, 0.3) is 0 Å². The summed E-state index contributed by atoms with van der Waals surface area (Å²) < 4.78 is 13.6. The van der Waals surface area contributed by atoms with Crippen LogP contribution in [0.3, 0.4) is 0 Å². The minimum atomic E-state index is -0.698. The molecule has 1 N–H and O–H groups in total. The third-order valence-electron chi connectivity index (χ3n) is 4.90. The van der Waals surface area contributed by atoms with Crippen LogP contribution in [-0.2, 0) is 0 Å². The highest BCUT2D eigenvalue weighted by Crippen LogP contribution is 2.34. The normalized spacial score (nSPS) is 20.8. The number of benzene rings is 1. The van der Waals surface area contributed by atoms with Crippen LogP contribution in [0.15, 0.2) is 24.3 Å². The largest absolute Gasteiger partial charge is 0.388 e. The molecule has 0 aromatic heterocycles. The van der Waals surface area contributed by atoms with Crippen LogP contribution in [0.25, 0.3) is 0 Å². The molecule has 1 aliphatic heterocycles. The standard InChI is InChI=1S/C17H26FNO/c1-3-17(2)9-12-19(13-10-17)11-8-16(20)14-6-4-5-7-15(14)18/h4-7,16,20H,3,8-13H2,1-2H3. The van der Waals surface area contributed by atoms with Crippen LogP contribution in [0.2, 0.25) is 0 Å². The third-order valence-corrected chi connectivity index (χ3v) is 4.90. The second-order valence-corrected chi connectivity index (χ2v) is 6.33. The number of piperidine rings is 1. The lowest BCUT2D eigenvalue weighted by Gasteiger charge is -2.39. The van der Waals surface area contributed by atoms with Crippen LogP contribution in [-0.4, -0.2) is 29.6 Å². The first kappa shape index (κ1) is 15.5. The van der Waals surface area contributed by atoms with E-state index in [0.717, 1.165) is 19.6 Å². The SMILES string of the molecule is CCC1(C)CCN(CCC(O)c2ccccc2F)CC1. The first-order valence-corrected chi connectivity index (χ1v) is 7.69. The average molecular weight is 279 g/mol. The Labute approximate surface area is 121 Å². The molecule has 1 unspecified atom stereocenters. The van der Waals surface area contributed by atoms with E-state index < -0.39 is 6.10 Å². The molecule has 1 aromatic carbocycles. The van der Waals surface area contributed by atoms with Gasteiger partial charge < -0.3 is 10.0 Å². The summed E-state index contributed by atoms with van der Waals surface area (Å²) in [7, 11) is 0. The number of aliphatic hydroxyl groups excluding tert-OH is 1. The number of aliphatic hydroxyl groups is 1. The minimum absolute atomic E-state index is 0.308.